The largest absolute Gasteiger partial charge is 0.313 e. The van der Waals surface area contributed by atoms with E-state index in [1.165, 1.54) is 57.9 Å². The number of rotatable bonds is 8. The van der Waals surface area contributed by atoms with Gasteiger partial charge in [0.25, 0.3) is 0 Å². The topological polar surface area (TPSA) is 12.0 Å². The van der Waals surface area contributed by atoms with Gasteiger partial charge in [0.05, 0.1) is 0 Å². The van der Waals surface area contributed by atoms with Crippen molar-refractivity contribution in [3.63, 3.8) is 0 Å². The maximum absolute atomic E-state index is 3.75. The molecule has 1 rings (SSSR count). The van der Waals surface area contributed by atoms with E-state index < -0.39 is 0 Å². The molecule has 0 aromatic carbocycles. The van der Waals surface area contributed by atoms with E-state index in [4.69, 9.17) is 0 Å². The van der Waals surface area contributed by atoms with Gasteiger partial charge in [-0.05, 0) is 32.4 Å². The van der Waals surface area contributed by atoms with E-state index in [1.807, 2.05) is 0 Å². The summed E-state index contributed by atoms with van der Waals surface area (Å²) in [7, 11) is 0. The fourth-order valence-electron chi connectivity index (χ4n) is 2.64. The summed E-state index contributed by atoms with van der Waals surface area (Å²) in [5.74, 6) is 0. The first-order valence-corrected chi connectivity index (χ1v) is 8.23. The van der Waals surface area contributed by atoms with Crippen molar-refractivity contribution in [3.8, 4) is 0 Å². The van der Waals surface area contributed by atoms with Gasteiger partial charge in [0.2, 0.25) is 0 Å². The minimum Gasteiger partial charge on any atom is -0.313 e. The molecule has 1 atom stereocenters. The molecular formula is C14H29NS. The van der Waals surface area contributed by atoms with Crippen molar-refractivity contribution in [3.05, 3.63) is 0 Å². The van der Waals surface area contributed by atoms with Gasteiger partial charge in [-0.15, -0.1) is 0 Å². The summed E-state index contributed by atoms with van der Waals surface area (Å²) in [4.78, 5) is 0. The highest BCUT2D eigenvalue weighted by Crippen LogP contribution is 2.39. The standard InChI is InChI=1S/C14H29NS/c1-4-5-6-9-13(2)15-12-14(16-3)10-7-8-11-14/h13,15H,4-12H2,1-3H3. The van der Waals surface area contributed by atoms with E-state index in [-0.39, 0.29) is 0 Å². The maximum atomic E-state index is 3.75. The summed E-state index contributed by atoms with van der Waals surface area (Å²) in [6.45, 7) is 5.85. The third-order valence-electron chi connectivity index (χ3n) is 3.96. The highest BCUT2D eigenvalue weighted by molar-refractivity contribution is 8.00. The first-order valence-electron chi connectivity index (χ1n) is 7.01. The number of unbranched alkanes of at least 4 members (excludes halogenated alkanes) is 2. The van der Waals surface area contributed by atoms with Crippen molar-refractivity contribution >= 4 is 11.8 Å². The molecule has 1 fully saturated rings. The third kappa shape index (κ3) is 4.67. The predicted octanol–water partition coefficient (Wildman–Crippen LogP) is 4.22. The Hall–Kier alpha value is 0.310. The van der Waals surface area contributed by atoms with Gasteiger partial charge in [-0.1, -0.05) is 39.0 Å². The average molecular weight is 243 g/mol. The van der Waals surface area contributed by atoms with Gasteiger partial charge in [-0.25, -0.2) is 0 Å². The van der Waals surface area contributed by atoms with Gasteiger partial charge in [0, 0.05) is 17.3 Å². The monoisotopic (exact) mass is 243 g/mol. The minimum atomic E-state index is 0.568. The summed E-state index contributed by atoms with van der Waals surface area (Å²) in [5, 5.41) is 3.75. The predicted molar refractivity (Wildman–Crippen MR) is 76.3 cm³/mol. The Bertz CT molecular complexity index is 176. The molecule has 0 saturated heterocycles. The maximum Gasteiger partial charge on any atom is 0.0281 e. The number of hydrogen-bond donors (Lipinski definition) is 1. The van der Waals surface area contributed by atoms with Gasteiger partial charge in [-0.2, -0.15) is 11.8 Å². The van der Waals surface area contributed by atoms with Crippen molar-refractivity contribution in [1.82, 2.24) is 5.32 Å². The summed E-state index contributed by atoms with van der Waals surface area (Å²) in [6.07, 6.45) is 13.5. The van der Waals surface area contributed by atoms with Crippen LogP contribution in [0.1, 0.15) is 65.2 Å². The second kappa shape index (κ2) is 7.60. The van der Waals surface area contributed by atoms with Crippen molar-refractivity contribution in [1.29, 1.82) is 0 Å². The molecule has 1 aliphatic rings. The molecule has 0 radical (unpaired) electrons. The fourth-order valence-corrected chi connectivity index (χ4v) is 3.56. The van der Waals surface area contributed by atoms with Crippen LogP contribution in [0.15, 0.2) is 0 Å². The van der Waals surface area contributed by atoms with Crippen LogP contribution in [0.25, 0.3) is 0 Å². The van der Waals surface area contributed by atoms with Crippen molar-refractivity contribution in [2.24, 2.45) is 0 Å². The molecule has 1 N–H and O–H groups in total. The summed E-state index contributed by atoms with van der Waals surface area (Å²) >= 11 is 2.09. The fraction of sp³-hybridized carbons (Fsp3) is 1.00. The third-order valence-corrected chi connectivity index (χ3v) is 5.38. The Morgan fingerprint density at radius 1 is 1.25 bits per heavy atom. The lowest BCUT2D eigenvalue weighted by atomic mass is 10.1. The zero-order valence-corrected chi connectivity index (χ0v) is 12.2. The van der Waals surface area contributed by atoms with Gasteiger partial charge in [0.1, 0.15) is 0 Å². The minimum absolute atomic E-state index is 0.568. The van der Waals surface area contributed by atoms with Crippen LogP contribution in [-0.4, -0.2) is 23.6 Å². The SMILES string of the molecule is CCCCCC(C)NCC1(SC)CCCC1. The molecule has 1 saturated carbocycles. The van der Waals surface area contributed by atoms with E-state index in [0.717, 1.165) is 0 Å². The van der Waals surface area contributed by atoms with E-state index >= 15 is 0 Å². The Labute approximate surface area is 106 Å². The van der Waals surface area contributed by atoms with Crippen molar-refractivity contribution < 1.29 is 0 Å². The van der Waals surface area contributed by atoms with E-state index in [9.17, 15) is 0 Å². The van der Waals surface area contributed by atoms with Crippen molar-refractivity contribution in [2.75, 3.05) is 12.8 Å². The molecule has 1 aliphatic carbocycles. The molecular weight excluding hydrogens is 214 g/mol. The van der Waals surface area contributed by atoms with E-state index in [2.05, 4.69) is 37.2 Å². The van der Waals surface area contributed by atoms with Crippen LogP contribution in [0.5, 0.6) is 0 Å². The van der Waals surface area contributed by atoms with Crippen LogP contribution in [0, 0.1) is 0 Å². The Kier molecular flexibility index (Phi) is 6.83. The van der Waals surface area contributed by atoms with Gasteiger partial charge >= 0.3 is 0 Å². The van der Waals surface area contributed by atoms with E-state index in [1.54, 1.807) is 0 Å². The zero-order chi connectivity index (χ0) is 11.9. The molecule has 0 amide bonds. The van der Waals surface area contributed by atoms with Gasteiger partial charge < -0.3 is 5.32 Å². The highest BCUT2D eigenvalue weighted by Gasteiger charge is 2.32. The number of thioether (sulfide) groups is 1. The molecule has 0 bridgehead atoms. The smallest absolute Gasteiger partial charge is 0.0281 e. The summed E-state index contributed by atoms with van der Waals surface area (Å²) in [6, 6.07) is 0.705. The number of hydrogen-bond acceptors (Lipinski definition) is 2. The van der Waals surface area contributed by atoms with Gasteiger partial charge in [0.15, 0.2) is 0 Å². The second-order valence-corrected chi connectivity index (χ2v) is 6.65. The Morgan fingerprint density at radius 2 is 1.94 bits per heavy atom. The normalized spacial score (nSPS) is 21.2. The molecule has 1 nitrogen and oxygen atoms in total. The molecule has 2 heteroatoms. The lowest BCUT2D eigenvalue weighted by Crippen LogP contribution is -2.39. The Balaban J connectivity index is 2.16. The van der Waals surface area contributed by atoms with Crippen molar-refractivity contribution in [2.45, 2.75) is 76.0 Å². The average Bonchev–Trinajstić information content (AvgIpc) is 2.76. The lowest BCUT2D eigenvalue weighted by Gasteiger charge is -2.29. The molecule has 0 aromatic rings. The van der Waals surface area contributed by atoms with Crippen LogP contribution in [0.2, 0.25) is 0 Å². The molecule has 16 heavy (non-hydrogen) atoms. The quantitative estimate of drug-likeness (QED) is 0.641. The summed E-state index contributed by atoms with van der Waals surface area (Å²) in [5.41, 5.74) is 0. The Morgan fingerprint density at radius 3 is 2.50 bits per heavy atom. The highest BCUT2D eigenvalue weighted by atomic mass is 32.2. The molecule has 0 spiro atoms. The second-order valence-electron chi connectivity index (χ2n) is 5.37. The van der Waals surface area contributed by atoms with Crippen LogP contribution in [-0.2, 0) is 0 Å². The van der Waals surface area contributed by atoms with E-state index in [0.29, 0.717) is 10.8 Å². The van der Waals surface area contributed by atoms with Crippen LogP contribution < -0.4 is 5.32 Å². The molecule has 96 valence electrons. The number of nitrogens with one attached hydrogen (secondary N) is 1. The van der Waals surface area contributed by atoms with Gasteiger partial charge in [-0.3, -0.25) is 0 Å². The molecule has 0 aliphatic heterocycles. The first kappa shape index (κ1) is 14.4. The molecule has 0 heterocycles. The zero-order valence-electron chi connectivity index (χ0n) is 11.3. The van der Waals surface area contributed by atoms with Crippen LogP contribution >= 0.6 is 11.8 Å². The van der Waals surface area contributed by atoms with Crippen LogP contribution in [0.3, 0.4) is 0 Å². The lowest BCUT2D eigenvalue weighted by molar-refractivity contribution is 0.445. The first-order chi connectivity index (χ1) is 7.72. The van der Waals surface area contributed by atoms with Crippen LogP contribution in [0.4, 0.5) is 0 Å². The molecule has 1 unspecified atom stereocenters. The summed E-state index contributed by atoms with van der Waals surface area (Å²) < 4.78 is 0.568. The molecule has 0 aromatic heterocycles.